The van der Waals surface area contributed by atoms with Gasteiger partial charge in [-0.2, -0.15) is 5.10 Å². The lowest BCUT2D eigenvalue weighted by molar-refractivity contribution is 0.0603. The standard InChI is InChI=1S/C19H14ClN5O2/c1-27-19(26)15-8-4-7-12-11(9-21-16(12)15)10-22-24-18-14-6-3-2-5-13(14)17(20)23-25-18/h2-10,21H,1H3,(H,24,25)/b22-10+. The zero-order chi connectivity index (χ0) is 18.8. The van der Waals surface area contributed by atoms with Crippen LogP contribution >= 0.6 is 11.6 Å². The van der Waals surface area contributed by atoms with Gasteiger partial charge in [-0.3, -0.25) is 5.43 Å². The Hall–Kier alpha value is -3.45. The van der Waals surface area contributed by atoms with Crippen molar-refractivity contribution in [3.63, 3.8) is 0 Å². The van der Waals surface area contributed by atoms with Crippen molar-refractivity contribution in [1.82, 2.24) is 15.2 Å². The minimum absolute atomic E-state index is 0.340. The zero-order valence-corrected chi connectivity index (χ0v) is 15.0. The highest BCUT2D eigenvalue weighted by atomic mass is 35.5. The number of aromatic amines is 1. The summed E-state index contributed by atoms with van der Waals surface area (Å²) in [6, 6.07) is 12.9. The summed E-state index contributed by atoms with van der Waals surface area (Å²) in [6.07, 6.45) is 3.42. The summed E-state index contributed by atoms with van der Waals surface area (Å²) in [7, 11) is 1.36. The molecule has 2 aromatic carbocycles. The van der Waals surface area contributed by atoms with Crippen LogP contribution in [0.3, 0.4) is 0 Å². The number of anilines is 1. The summed E-state index contributed by atoms with van der Waals surface area (Å²) in [5, 5.41) is 15.1. The number of para-hydroxylation sites is 1. The third-order valence-corrected chi connectivity index (χ3v) is 4.45. The van der Waals surface area contributed by atoms with Gasteiger partial charge in [0.05, 0.1) is 24.4 Å². The second-order valence-corrected chi connectivity index (χ2v) is 6.08. The normalized spacial score (nSPS) is 11.3. The van der Waals surface area contributed by atoms with E-state index in [1.807, 2.05) is 30.3 Å². The molecule has 0 saturated heterocycles. The van der Waals surface area contributed by atoms with Crippen molar-refractivity contribution >= 4 is 51.3 Å². The van der Waals surface area contributed by atoms with Crippen molar-refractivity contribution in [1.29, 1.82) is 0 Å². The number of hydrogen-bond donors (Lipinski definition) is 2. The lowest BCUT2D eigenvalue weighted by atomic mass is 10.1. The van der Waals surface area contributed by atoms with Gasteiger partial charge in [0.2, 0.25) is 0 Å². The van der Waals surface area contributed by atoms with Gasteiger partial charge in [0.25, 0.3) is 0 Å². The molecule has 27 heavy (non-hydrogen) atoms. The second-order valence-electron chi connectivity index (χ2n) is 5.72. The molecule has 0 spiro atoms. The number of carbonyl (C=O) groups is 1. The van der Waals surface area contributed by atoms with Crippen LogP contribution in [0.4, 0.5) is 5.82 Å². The topological polar surface area (TPSA) is 92.3 Å². The fraction of sp³-hybridized carbons (Fsp3) is 0.0526. The highest BCUT2D eigenvalue weighted by Gasteiger charge is 2.13. The molecule has 0 saturated carbocycles. The van der Waals surface area contributed by atoms with Crippen molar-refractivity contribution in [2.75, 3.05) is 12.5 Å². The van der Waals surface area contributed by atoms with E-state index in [-0.39, 0.29) is 0 Å². The Kier molecular flexibility index (Phi) is 4.43. The van der Waals surface area contributed by atoms with Gasteiger partial charge in [0.1, 0.15) is 0 Å². The maximum Gasteiger partial charge on any atom is 0.339 e. The van der Waals surface area contributed by atoms with Crippen molar-refractivity contribution < 1.29 is 9.53 Å². The first-order valence-corrected chi connectivity index (χ1v) is 8.45. The molecule has 2 N–H and O–H groups in total. The van der Waals surface area contributed by atoms with Crippen LogP contribution in [0.25, 0.3) is 21.7 Å². The van der Waals surface area contributed by atoms with Crippen LogP contribution in [0.2, 0.25) is 5.15 Å². The van der Waals surface area contributed by atoms with Crippen LogP contribution in [-0.2, 0) is 4.74 Å². The number of rotatable bonds is 4. The molecule has 0 unspecified atom stereocenters. The number of benzene rings is 2. The molecule has 8 heteroatoms. The van der Waals surface area contributed by atoms with Crippen LogP contribution in [0, 0.1) is 0 Å². The first-order chi connectivity index (χ1) is 13.2. The van der Waals surface area contributed by atoms with E-state index in [0.29, 0.717) is 22.1 Å². The Morgan fingerprint density at radius 1 is 1.15 bits per heavy atom. The molecule has 0 radical (unpaired) electrons. The SMILES string of the molecule is COC(=O)c1cccc2c(/C=N/Nc3nnc(Cl)c4ccccc34)c[nH]c12. The average Bonchev–Trinajstić information content (AvgIpc) is 3.12. The number of hydrogen-bond acceptors (Lipinski definition) is 6. The maximum absolute atomic E-state index is 11.9. The van der Waals surface area contributed by atoms with E-state index in [1.54, 1.807) is 24.5 Å². The Morgan fingerprint density at radius 3 is 2.74 bits per heavy atom. The number of nitrogens with one attached hydrogen (secondary N) is 2. The number of fused-ring (bicyclic) bond motifs is 2. The van der Waals surface area contributed by atoms with Gasteiger partial charge in [-0.05, 0) is 6.07 Å². The predicted molar refractivity (Wildman–Crippen MR) is 105 cm³/mol. The highest BCUT2D eigenvalue weighted by Crippen LogP contribution is 2.26. The monoisotopic (exact) mass is 379 g/mol. The summed E-state index contributed by atoms with van der Waals surface area (Å²) in [5.74, 6) is 0.105. The van der Waals surface area contributed by atoms with Gasteiger partial charge >= 0.3 is 5.97 Å². The minimum atomic E-state index is -0.396. The van der Waals surface area contributed by atoms with Crippen LogP contribution < -0.4 is 5.43 Å². The molecule has 4 aromatic rings. The van der Waals surface area contributed by atoms with E-state index in [4.69, 9.17) is 16.3 Å². The lowest BCUT2D eigenvalue weighted by Crippen LogP contribution is -2.01. The lowest BCUT2D eigenvalue weighted by Gasteiger charge is -2.04. The molecule has 0 bridgehead atoms. The van der Waals surface area contributed by atoms with Crippen LogP contribution in [0.5, 0.6) is 0 Å². The summed E-state index contributed by atoms with van der Waals surface area (Å²) < 4.78 is 4.81. The molecule has 0 aliphatic carbocycles. The quantitative estimate of drug-likeness (QED) is 0.317. The molecule has 0 atom stereocenters. The van der Waals surface area contributed by atoms with E-state index >= 15 is 0 Å². The molecular formula is C19H14ClN5O2. The Morgan fingerprint density at radius 2 is 1.93 bits per heavy atom. The van der Waals surface area contributed by atoms with Gasteiger partial charge in [-0.15, -0.1) is 10.2 Å². The smallest absolute Gasteiger partial charge is 0.339 e. The predicted octanol–water partition coefficient (Wildman–Crippen LogP) is 4.00. The van der Waals surface area contributed by atoms with E-state index in [2.05, 4.69) is 25.7 Å². The van der Waals surface area contributed by atoms with Crippen LogP contribution in [0.15, 0.2) is 53.8 Å². The maximum atomic E-state index is 11.9. The molecule has 2 aromatic heterocycles. The average molecular weight is 380 g/mol. The van der Waals surface area contributed by atoms with Crippen molar-refractivity contribution in [2.24, 2.45) is 5.10 Å². The first-order valence-electron chi connectivity index (χ1n) is 8.07. The largest absolute Gasteiger partial charge is 0.465 e. The summed E-state index contributed by atoms with van der Waals surface area (Å²) in [5.41, 5.74) is 4.88. The van der Waals surface area contributed by atoms with E-state index < -0.39 is 5.97 Å². The number of H-pyrrole nitrogens is 1. The van der Waals surface area contributed by atoms with Gasteiger partial charge in [0, 0.05) is 27.9 Å². The molecule has 2 heterocycles. The second kappa shape index (κ2) is 7.05. The molecule has 4 rings (SSSR count). The third kappa shape index (κ3) is 3.09. The number of hydrazone groups is 1. The number of methoxy groups -OCH3 is 1. The number of nitrogens with zero attached hydrogens (tertiary/aromatic N) is 3. The Balaban J connectivity index is 1.65. The van der Waals surface area contributed by atoms with Crippen molar-refractivity contribution in [2.45, 2.75) is 0 Å². The third-order valence-electron chi connectivity index (χ3n) is 4.17. The molecule has 0 fully saturated rings. The van der Waals surface area contributed by atoms with Gasteiger partial charge in [0.15, 0.2) is 11.0 Å². The molecule has 0 aliphatic rings. The highest BCUT2D eigenvalue weighted by molar-refractivity contribution is 6.34. The fourth-order valence-electron chi connectivity index (χ4n) is 2.88. The fourth-order valence-corrected chi connectivity index (χ4v) is 3.08. The molecule has 7 nitrogen and oxygen atoms in total. The van der Waals surface area contributed by atoms with Gasteiger partial charge < -0.3 is 9.72 Å². The summed E-state index contributed by atoms with van der Waals surface area (Å²) >= 11 is 6.08. The van der Waals surface area contributed by atoms with E-state index in [0.717, 1.165) is 21.7 Å². The van der Waals surface area contributed by atoms with E-state index in [9.17, 15) is 4.79 Å². The van der Waals surface area contributed by atoms with Crippen LogP contribution in [-0.4, -0.2) is 34.5 Å². The Bertz CT molecular complexity index is 1190. The summed E-state index contributed by atoms with van der Waals surface area (Å²) in [6.45, 7) is 0. The molecular weight excluding hydrogens is 366 g/mol. The summed E-state index contributed by atoms with van der Waals surface area (Å²) in [4.78, 5) is 15.0. The molecule has 0 amide bonds. The van der Waals surface area contributed by atoms with E-state index in [1.165, 1.54) is 7.11 Å². The number of esters is 1. The number of carbonyl (C=O) groups excluding carboxylic acids is 1. The number of ether oxygens (including phenoxy) is 1. The minimum Gasteiger partial charge on any atom is -0.465 e. The first kappa shape index (κ1) is 17.0. The van der Waals surface area contributed by atoms with Crippen molar-refractivity contribution in [3.8, 4) is 0 Å². The van der Waals surface area contributed by atoms with Crippen molar-refractivity contribution in [3.05, 3.63) is 64.9 Å². The zero-order valence-electron chi connectivity index (χ0n) is 14.2. The number of halogens is 1. The number of aromatic nitrogens is 3. The molecule has 0 aliphatic heterocycles. The van der Waals surface area contributed by atoms with Gasteiger partial charge in [-0.25, -0.2) is 4.79 Å². The van der Waals surface area contributed by atoms with Gasteiger partial charge in [-0.1, -0.05) is 48.0 Å². The van der Waals surface area contributed by atoms with Crippen LogP contribution in [0.1, 0.15) is 15.9 Å². The molecule has 134 valence electrons. The Labute approximate surface area is 159 Å².